The molecule has 21 heavy (non-hydrogen) atoms. The monoisotopic (exact) mass is 310 g/mol. The number of methoxy groups -OCH3 is 1. The molecule has 0 bridgehead atoms. The van der Waals surface area contributed by atoms with E-state index in [2.05, 4.69) is 25.5 Å². The van der Waals surface area contributed by atoms with Gasteiger partial charge in [0.25, 0.3) is 0 Å². The normalized spacial score (nSPS) is 17.3. The predicted octanol–water partition coefficient (Wildman–Crippen LogP) is 2.71. The van der Waals surface area contributed by atoms with E-state index in [4.69, 9.17) is 0 Å². The van der Waals surface area contributed by atoms with Gasteiger partial charge in [-0.3, -0.25) is 4.79 Å². The van der Waals surface area contributed by atoms with E-state index >= 15 is 0 Å². The van der Waals surface area contributed by atoms with Crippen LogP contribution in [0.15, 0.2) is 29.2 Å². The summed E-state index contributed by atoms with van der Waals surface area (Å²) in [6.07, 6.45) is 1.53. The summed E-state index contributed by atoms with van der Waals surface area (Å²) in [4.78, 5) is 12.0. The van der Waals surface area contributed by atoms with Gasteiger partial charge in [0.05, 0.1) is 12.0 Å². The maximum atomic E-state index is 12.7. The molecule has 5 heteroatoms. The highest BCUT2D eigenvalue weighted by Gasteiger charge is 2.46. The van der Waals surface area contributed by atoms with E-state index in [0.29, 0.717) is 0 Å². The summed E-state index contributed by atoms with van der Waals surface area (Å²) < 4.78 is 30.0. The number of ether oxygens (including phenoxy) is 1. The molecule has 0 heterocycles. The van der Waals surface area contributed by atoms with Crippen LogP contribution in [0.3, 0.4) is 0 Å². The van der Waals surface area contributed by atoms with Crippen LogP contribution in [0.4, 0.5) is 0 Å². The minimum absolute atomic E-state index is 0.0411. The number of esters is 1. The molecule has 1 unspecified atom stereocenters. The summed E-state index contributed by atoms with van der Waals surface area (Å²) in [6.45, 7) is 6.20. The van der Waals surface area contributed by atoms with Gasteiger partial charge >= 0.3 is 5.97 Å². The van der Waals surface area contributed by atoms with Crippen molar-refractivity contribution in [1.82, 2.24) is 0 Å². The molecule has 2 rings (SSSR count). The van der Waals surface area contributed by atoms with Crippen molar-refractivity contribution in [1.29, 1.82) is 0 Å². The summed E-state index contributed by atoms with van der Waals surface area (Å²) in [5.74, 6) is -0.762. The zero-order valence-electron chi connectivity index (χ0n) is 12.9. The van der Waals surface area contributed by atoms with Crippen molar-refractivity contribution in [2.24, 2.45) is 5.92 Å². The number of sulfone groups is 1. The van der Waals surface area contributed by atoms with Gasteiger partial charge in [0.15, 0.2) is 15.1 Å². The number of benzene rings is 1. The van der Waals surface area contributed by atoms with Crippen molar-refractivity contribution < 1.29 is 17.9 Å². The van der Waals surface area contributed by atoms with Crippen molar-refractivity contribution >= 4 is 15.8 Å². The summed E-state index contributed by atoms with van der Waals surface area (Å²) in [7, 11) is -2.45. The van der Waals surface area contributed by atoms with Crippen molar-refractivity contribution in [3.05, 3.63) is 29.8 Å². The summed E-state index contributed by atoms with van der Waals surface area (Å²) >= 11 is 0. The largest absolute Gasteiger partial charge is 0.468 e. The van der Waals surface area contributed by atoms with Gasteiger partial charge in [-0.2, -0.15) is 0 Å². The zero-order chi connectivity index (χ0) is 15.8. The highest BCUT2D eigenvalue weighted by molar-refractivity contribution is 7.92. The molecule has 1 fully saturated rings. The Labute approximate surface area is 126 Å². The van der Waals surface area contributed by atoms with Gasteiger partial charge in [0.1, 0.15) is 0 Å². The van der Waals surface area contributed by atoms with E-state index in [-0.39, 0.29) is 16.2 Å². The minimum atomic E-state index is -3.69. The summed E-state index contributed by atoms with van der Waals surface area (Å²) in [5, 5.41) is -1.07. The summed E-state index contributed by atoms with van der Waals surface area (Å²) in [5.41, 5.74) is 1.02. The van der Waals surface area contributed by atoms with Crippen molar-refractivity contribution in [2.75, 3.05) is 7.11 Å². The van der Waals surface area contributed by atoms with Gasteiger partial charge in [-0.1, -0.05) is 32.9 Å². The average Bonchev–Trinajstić information content (AvgIpc) is 3.22. The van der Waals surface area contributed by atoms with Crippen LogP contribution in [0.5, 0.6) is 0 Å². The second-order valence-corrected chi connectivity index (χ2v) is 8.67. The van der Waals surface area contributed by atoms with Crippen molar-refractivity contribution in [2.45, 2.75) is 49.2 Å². The van der Waals surface area contributed by atoms with E-state index in [1.807, 2.05) is 12.1 Å². The third-order valence-electron chi connectivity index (χ3n) is 3.87. The fourth-order valence-corrected chi connectivity index (χ4v) is 4.32. The lowest BCUT2D eigenvalue weighted by molar-refractivity contribution is -0.140. The lowest BCUT2D eigenvalue weighted by Crippen LogP contribution is -2.33. The molecular formula is C16H22O4S. The number of hydrogen-bond acceptors (Lipinski definition) is 4. The molecule has 0 radical (unpaired) electrons. The molecule has 0 N–H and O–H groups in total. The highest BCUT2D eigenvalue weighted by Crippen LogP contribution is 2.39. The first-order valence-electron chi connectivity index (χ1n) is 7.10. The summed E-state index contributed by atoms with van der Waals surface area (Å²) in [6, 6.07) is 6.81. The maximum Gasteiger partial charge on any atom is 0.324 e. The third-order valence-corrected chi connectivity index (χ3v) is 6.04. The number of rotatable bonds is 4. The molecule has 1 aliphatic rings. The molecule has 1 aromatic rings. The minimum Gasteiger partial charge on any atom is -0.468 e. The van der Waals surface area contributed by atoms with Crippen LogP contribution < -0.4 is 0 Å². The van der Waals surface area contributed by atoms with Gasteiger partial charge in [0.2, 0.25) is 0 Å². The first kappa shape index (κ1) is 16.0. The van der Waals surface area contributed by atoms with Crippen molar-refractivity contribution in [3.63, 3.8) is 0 Å². The zero-order valence-corrected chi connectivity index (χ0v) is 13.7. The molecule has 4 nitrogen and oxygen atoms in total. The van der Waals surface area contributed by atoms with E-state index in [1.165, 1.54) is 7.11 Å². The van der Waals surface area contributed by atoms with Gasteiger partial charge in [-0.25, -0.2) is 8.42 Å². The molecule has 1 aliphatic carbocycles. The van der Waals surface area contributed by atoms with Gasteiger partial charge in [-0.15, -0.1) is 0 Å². The number of carbonyl (C=O) groups is 1. The first-order chi connectivity index (χ1) is 9.67. The quantitative estimate of drug-likeness (QED) is 0.802. The Morgan fingerprint density at radius 2 is 1.71 bits per heavy atom. The van der Waals surface area contributed by atoms with Crippen LogP contribution in [0.2, 0.25) is 0 Å². The third kappa shape index (κ3) is 3.28. The fourth-order valence-electron chi connectivity index (χ4n) is 2.38. The second kappa shape index (κ2) is 5.44. The van der Waals surface area contributed by atoms with E-state index < -0.39 is 21.1 Å². The van der Waals surface area contributed by atoms with Crippen LogP contribution in [-0.4, -0.2) is 26.7 Å². The predicted molar refractivity (Wildman–Crippen MR) is 80.9 cm³/mol. The van der Waals surface area contributed by atoms with E-state index in [1.54, 1.807) is 12.1 Å². The molecule has 0 aliphatic heterocycles. The number of carbonyl (C=O) groups excluding carboxylic acids is 1. The average molecular weight is 310 g/mol. The Bertz CT molecular complexity index is 619. The SMILES string of the molecule is COC(=O)C(C1CC1)S(=O)(=O)c1ccc(C(C)(C)C)cc1. The molecule has 1 saturated carbocycles. The maximum absolute atomic E-state index is 12.7. The van der Waals surface area contributed by atoms with E-state index in [9.17, 15) is 13.2 Å². The Hall–Kier alpha value is -1.36. The van der Waals surface area contributed by atoms with E-state index in [0.717, 1.165) is 18.4 Å². The van der Waals surface area contributed by atoms with Crippen LogP contribution in [0.25, 0.3) is 0 Å². The van der Waals surface area contributed by atoms with Gasteiger partial charge in [-0.05, 0) is 41.9 Å². The van der Waals surface area contributed by atoms with Gasteiger partial charge in [0, 0.05) is 0 Å². The lowest BCUT2D eigenvalue weighted by atomic mass is 9.87. The van der Waals surface area contributed by atoms with Crippen LogP contribution in [0, 0.1) is 5.92 Å². The molecule has 116 valence electrons. The Kier molecular flexibility index (Phi) is 4.15. The smallest absolute Gasteiger partial charge is 0.324 e. The Morgan fingerprint density at radius 3 is 2.10 bits per heavy atom. The Balaban J connectivity index is 2.36. The molecule has 0 aromatic heterocycles. The molecule has 1 atom stereocenters. The topological polar surface area (TPSA) is 60.4 Å². The van der Waals surface area contributed by atoms with Crippen LogP contribution in [-0.2, 0) is 24.8 Å². The van der Waals surface area contributed by atoms with Crippen LogP contribution >= 0.6 is 0 Å². The molecule has 0 spiro atoms. The lowest BCUT2D eigenvalue weighted by Gasteiger charge is -2.20. The standard InChI is InChI=1S/C16H22O4S/c1-16(2,3)12-7-9-13(10-8-12)21(18,19)14(11-5-6-11)15(17)20-4/h7-11,14H,5-6H2,1-4H3. The Morgan fingerprint density at radius 1 is 1.19 bits per heavy atom. The molecule has 1 aromatic carbocycles. The van der Waals surface area contributed by atoms with Crippen molar-refractivity contribution in [3.8, 4) is 0 Å². The first-order valence-corrected chi connectivity index (χ1v) is 8.65. The van der Waals surface area contributed by atoms with Crippen LogP contribution in [0.1, 0.15) is 39.2 Å². The number of hydrogen-bond donors (Lipinski definition) is 0. The highest BCUT2D eigenvalue weighted by atomic mass is 32.2. The fraction of sp³-hybridized carbons (Fsp3) is 0.562. The molecular weight excluding hydrogens is 288 g/mol. The molecule has 0 saturated heterocycles. The van der Waals surface area contributed by atoms with Gasteiger partial charge < -0.3 is 4.74 Å². The molecule has 0 amide bonds. The second-order valence-electron chi connectivity index (χ2n) is 6.60.